The molecule has 0 heterocycles. The Morgan fingerprint density at radius 3 is 2.37 bits per heavy atom. The van der Waals surface area contributed by atoms with Crippen LogP contribution in [0.2, 0.25) is 5.02 Å². The zero-order valence-electron chi connectivity index (χ0n) is 15.8. The summed E-state index contributed by atoms with van der Waals surface area (Å²) in [7, 11) is -2.66. The minimum atomic E-state index is -4.14. The van der Waals surface area contributed by atoms with Crippen molar-refractivity contribution in [2.75, 3.05) is 11.8 Å². The Bertz CT molecular complexity index is 1190. The lowest BCUT2D eigenvalue weighted by molar-refractivity contribution is 0.0783. The van der Waals surface area contributed by atoms with Gasteiger partial charge in [-0.05, 0) is 48.5 Å². The van der Waals surface area contributed by atoms with Gasteiger partial charge in [-0.2, -0.15) is 0 Å². The number of hydrogen-bond donors (Lipinski definition) is 1. The van der Waals surface area contributed by atoms with Crippen LogP contribution in [0.1, 0.15) is 15.9 Å². The first-order chi connectivity index (χ1) is 14.2. The third kappa shape index (κ3) is 4.95. The molecule has 0 fully saturated rings. The van der Waals surface area contributed by atoms with Gasteiger partial charge in [-0.15, -0.1) is 0 Å². The van der Waals surface area contributed by atoms with Gasteiger partial charge in [0.1, 0.15) is 16.5 Å². The maximum absolute atomic E-state index is 13.9. The minimum absolute atomic E-state index is 0.00401. The molecule has 0 radical (unpaired) electrons. The quantitative estimate of drug-likeness (QED) is 0.592. The van der Waals surface area contributed by atoms with Crippen molar-refractivity contribution in [3.05, 3.63) is 94.5 Å². The number of carbonyl (C=O) groups excluding carboxylic acids is 1. The molecule has 0 aliphatic heterocycles. The standard InChI is InChI=1S/C21H17ClF2N2O3S/c1-26(13-15-4-2-3-5-19(15)24)21(27)14-6-11-18(22)20(12-14)30(28,29)25-17-9-7-16(23)8-10-17/h2-12,25H,13H2,1H3. The average Bonchev–Trinajstić information content (AvgIpc) is 2.71. The number of sulfonamides is 1. The highest BCUT2D eigenvalue weighted by Gasteiger charge is 2.22. The van der Waals surface area contributed by atoms with Gasteiger partial charge in [0.2, 0.25) is 0 Å². The van der Waals surface area contributed by atoms with Gasteiger partial charge in [0.25, 0.3) is 15.9 Å². The summed E-state index contributed by atoms with van der Waals surface area (Å²) in [6, 6.07) is 14.6. The molecule has 0 saturated carbocycles. The van der Waals surface area contributed by atoms with Crippen molar-refractivity contribution in [1.29, 1.82) is 0 Å². The highest BCUT2D eigenvalue weighted by atomic mass is 35.5. The maximum Gasteiger partial charge on any atom is 0.263 e. The van der Waals surface area contributed by atoms with Crippen LogP contribution >= 0.6 is 11.6 Å². The molecule has 0 atom stereocenters. The van der Waals surface area contributed by atoms with Crippen LogP contribution in [0.5, 0.6) is 0 Å². The second kappa shape index (κ2) is 8.81. The summed E-state index contributed by atoms with van der Waals surface area (Å²) in [5.41, 5.74) is 0.534. The van der Waals surface area contributed by atoms with Crippen molar-refractivity contribution < 1.29 is 22.0 Å². The van der Waals surface area contributed by atoms with Gasteiger partial charge in [0.15, 0.2) is 0 Å². The summed E-state index contributed by atoms with van der Waals surface area (Å²) < 4.78 is 54.6. The van der Waals surface area contributed by atoms with E-state index < -0.39 is 27.6 Å². The summed E-state index contributed by atoms with van der Waals surface area (Å²) in [6.45, 7) is 0.00401. The number of rotatable bonds is 6. The smallest absolute Gasteiger partial charge is 0.263 e. The molecule has 3 rings (SSSR count). The van der Waals surface area contributed by atoms with Gasteiger partial charge in [-0.3, -0.25) is 9.52 Å². The largest absolute Gasteiger partial charge is 0.337 e. The summed E-state index contributed by atoms with van der Waals surface area (Å²) in [5.74, 6) is -1.46. The van der Waals surface area contributed by atoms with Gasteiger partial charge >= 0.3 is 0 Å². The van der Waals surface area contributed by atoms with E-state index in [4.69, 9.17) is 11.6 Å². The Morgan fingerprint density at radius 1 is 1.03 bits per heavy atom. The van der Waals surface area contributed by atoms with E-state index in [1.807, 2.05) is 0 Å². The number of nitrogens with zero attached hydrogens (tertiary/aromatic N) is 1. The Labute approximate surface area is 178 Å². The summed E-state index contributed by atoms with van der Waals surface area (Å²) in [4.78, 5) is 13.7. The molecule has 1 amide bonds. The predicted molar refractivity (Wildman–Crippen MR) is 111 cm³/mol. The van der Waals surface area contributed by atoms with Crippen LogP contribution in [0.3, 0.4) is 0 Å². The van der Waals surface area contributed by atoms with Crippen LogP contribution in [0, 0.1) is 11.6 Å². The molecule has 5 nitrogen and oxygen atoms in total. The monoisotopic (exact) mass is 450 g/mol. The number of halogens is 3. The lowest BCUT2D eigenvalue weighted by Crippen LogP contribution is -2.27. The summed E-state index contributed by atoms with van der Waals surface area (Å²) >= 11 is 6.05. The number of carbonyl (C=O) groups is 1. The first kappa shape index (κ1) is 21.7. The number of amides is 1. The number of hydrogen-bond acceptors (Lipinski definition) is 3. The van der Waals surface area contributed by atoms with Gasteiger partial charge in [-0.25, -0.2) is 17.2 Å². The molecule has 0 spiro atoms. The molecule has 1 N–H and O–H groups in total. The normalized spacial score (nSPS) is 11.2. The van der Waals surface area contributed by atoms with E-state index in [0.717, 1.165) is 18.2 Å². The van der Waals surface area contributed by atoms with E-state index >= 15 is 0 Å². The molecule has 0 aromatic heterocycles. The van der Waals surface area contributed by atoms with Gasteiger partial charge in [0, 0.05) is 30.4 Å². The van der Waals surface area contributed by atoms with Gasteiger partial charge in [0.05, 0.1) is 5.02 Å². The van der Waals surface area contributed by atoms with Crippen LogP contribution in [0.25, 0.3) is 0 Å². The molecule has 0 aliphatic rings. The Kier molecular flexibility index (Phi) is 6.38. The fourth-order valence-electron chi connectivity index (χ4n) is 2.74. The molecule has 0 bridgehead atoms. The van der Waals surface area contributed by atoms with Gasteiger partial charge < -0.3 is 4.90 Å². The summed E-state index contributed by atoms with van der Waals surface area (Å²) in [6.07, 6.45) is 0. The molecule has 3 aromatic carbocycles. The van der Waals surface area contributed by atoms with Crippen molar-refractivity contribution in [1.82, 2.24) is 4.90 Å². The number of nitrogens with one attached hydrogen (secondary N) is 1. The number of benzene rings is 3. The summed E-state index contributed by atoms with van der Waals surface area (Å²) in [5, 5.41) is -0.0853. The van der Waals surface area contributed by atoms with E-state index in [2.05, 4.69) is 4.72 Å². The number of anilines is 1. The molecule has 3 aromatic rings. The van der Waals surface area contributed by atoms with Crippen molar-refractivity contribution in [3.8, 4) is 0 Å². The second-order valence-electron chi connectivity index (χ2n) is 6.51. The molecular weight excluding hydrogens is 434 g/mol. The first-order valence-corrected chi connectivity index (χ1v) is 10.6. The SMILES string of the molecule is CN(Cc1ccccc1F)C(=O)c1ccc(Cl)c(S(=O)(=O)Nc2ccc(F)cc2)c1. The fraction of sp³-hybridized carbons (Fsp3) is 0.0952. The lowest BCUT2D eigenvalue weighted by Gasteiger charge is -2.18. The molecule has 0 unspecified atom stereocenters. The van der Waals surface area contributed by atoms with E-state index in [1.54, 1.807) is 18.2 Å². The average molecular weight is 451 g/mol. The van der Waals surface area contributed by atoms with E-state index in [-0.39, 0.29) is 27.7 Å². The minimum Gasteiger partial charge on any atom is -0.337 e. The van der Waals surface area contributed by atoms with Crippen LogP contribution in [0.15, 0.2) is 71.6 Å². The van der Waals surface area contributed by atoms with Crippen LogP contribution < -0.4 is 4.72 Å². The highest BCUT2D eigenvalue weighted by molar-refractivity contribution is 7.92. The van der Waals surface area contributed by atoms with E-state index in [1.165, 1.54) is 42.3 Å². The Balaban J connectivity index is 1.85. The fourth-order valence-corrected chi connectivity index (χ4v) is 4.33. The third-order valence-corrected chi connectivity index (χ3v) is 6.14. The van der Waals surface area contributed by atoms with E-state index in [0.29, 0.717) is 5.56 Å². The molecule has 0 aliphatic carbocycles. The Hall–Kier alpha value is -2.97. The zero-order chi connectivity index (χ0) is 21.9. The highest BCUT2D eigenvalue weighted by Crippen LogP contribution is 2.26. The van der Waals surface area contributed by atoms with Crippen molar-refractivity contribution in [3.63, 3.8) is 0 Å². The van der Waals surface area contributed by atoms with Crippen LogP contribution in [-0.4, -0.2) is 26.3 Å². The molecule has 9 heteroatoms. The third-order valence-electron chi connectivity index (χ3n) is 4.28. The van der Waals surface area contributed by atoms with Crippen molar-refractivity contribution in [2.24, 2.45) is 0 Å². The van der Waals surface area contributed by atoms with Gasteiger partial charge in [-0.1, -0.05) is 29.8 Å². The first-order valence-electron chi connectivity index (χ1n) is 8.74. The van der Waals surface area contributed by atoms with Crippen LogP contribution in [0.4, 0.5) is 14.5 Å². The molecule has 30 heavy (non-hydrogen) atoms. The molecule has 0 saturated heterocycles. The predicted octanol–water partition coefficient (Wildman–Crippen LogP) is 4.69. The topological polar surface area (TPSA) is 66.5 Å². The van der Waals surface area contributed by atoms with Crippen molar-refractivity contribution in [2.45, 2.75) is 11.4 Å². The second-order valence-corrected chi connectivity index (χ2v) is 8.57. The Morgan fingerprint density at radius 2 is 1.70 bits per heavy atom. The molecular formula is C21H17ClF2N2O3S. The van der Waals surface area contributed by atoms with Crippen LogP contribution in [-0.2, 0) is 16.6 Å². The van der Waals surface area contributed by atoms with Crippen molar-refractivity contribution >= 4 is 33.2 Å². The zero-order valence-corrected chi connectivity index (χ0v) is 17.3. The molecule has 156 valence electrons. The lowest BCUT2D eigenvalue weighted by atomic mass is 10.1. The van der Waals surface area contributed by atoms with E-state index in [9.17, 15) is 22.0 Å². The maximum atomic E-state index is 13.9.